The lowest BCUT2D eigenvalue weighted by Gasteiger charge is -2.20. The van der Waals surface area contributed by atoms with Crippen molar-refractivity contribution in [1.29, 1.82) is 4.78 Å². The third-order valence-corrected chi connectivity index (χ3v) is 10.9. The van der Waals surface area contributed by atoms with E-state index in [0.29, 0.717) is 34.0 Å². The Kier molecular flexibility index (Phi) is 8.41. The second-order valence-electron chi connectivity index (χ2n) is 12.7. The molecule has 12 heteroatoms. The fourth-order valence-electron chi connectivity index (χ4n) is 5.52. The molecule has 2 fully saturated rings. The predicted molar refractivity (Wildman–Crippen MR) is 170 cm³/mol. The zero-order valence-electron chi connectivity index (χ0n) is 25.3. The highest BCUT2D eigenvalue weighted by atomic mass is 32.2. The quantitative estimate of drug-likeness (QED) is 0.167. The lowest BCUT2D eigenvalue weighted by Crippen LogP contribution is -2.35. The molecule has 2 aliphatic heterocycles. The molecule has 0 spiro atoms. The summed E-state index contributed by atoms with van der Waals surface area (Å²) in [6.07, 6.45) is -0.547. The molecule has 2 aromatic carbocycles. The van der Waals surface area contributed by atoms with Crippen LogP contribution in [0.4, 0.5) is 4.39 Å². The van der Waals surface area contributed by atoms with E-state index in [0.717, 1.165) is 17.2 Å². The molecule has 1 unspecified atom stereocenters. The zero-order valence-corrected chi connectivity index (χ0v) is 27.1. The Balaban J connectivity index is 1.28. The van der Waals surface area contributed by atoms with E-state index in [1.807, 2.05) is 36.4 Å². The molecular formula is C32H38FN3O6SSi. The number of pyridine rings is 1. The van der Waals surface area contributed by atoms with Gasteiger partial charge in [-0.2, -0.15) is 0 Å². The van der Waals surface area contributed by atoms with Gasteiger partial charge in [0, 0.05) is 43.5 Å². The molecule has 2 aliphatic rings. The maximum absolute atomic E-state index is 15.7. The SMILES string of the molecule is C[Si](C)(C)CCOCn1c(O[C@@H]2CO[C@H]3[C@@H]2OC[C@H]3O)cc2nc(-c3ccc(-c4ccc(S(C)(=N)=O)cc4)cc3)c(F)cc21. The molecule has 9 nitrogen and oxygen atoms in total. The van der Waals surface area contributed by atoms with Crippen molar-refractivity contribution in [1.82, 2.24) is 9.55 Å². The van der Waals surface area contributed by atoms with E-state index >= 15 is 4.39 Å². The molecule has 0 aliphatic carbocycles. The molecule has 2 saturated heterocycles. The van der Waals surface area contributed by atoms with Crippen molar-refractivity contribution in [3.8, 4) is 28.3 Å². The van der Waals surface area contributed by atoms with E-state index in [2.05, 4.69) is 19.6 Å². The Morgan fingerprint density at radius 2 is 1.66 bits per heavy atom. The first-order chi connectivity index (χ1) is 20.9. The Labute approximate surface area is 257 Å². The van der Waals surface area contributed by atoms with Gasteiger partial charge < -0.3 is 24.1 Å². The Hall–Kier alpha value is -3.13. The van der Waals surface area contributed by atoms with Crippen LogP contribution in [0.3, 0.4) is 0 Å². The summed E-state index contributed by atoms with van der Waals surface area (Å²) in [7, 11) is -4.09. The molecule has 234 valence electrons. The molecule has 5 atom stereocenters. The molecule has 4 heterocycles. The number of rotatable bonds is 10. The van der Waals surface area contributed by atoms with Crippen LogP contribution in [0.15, 0.2) is 65.6 Å². The van der Waals surface area contributed by atoms with Crippen LogP contribution in [0.25, 0.3) is 33.4 Å². The molecule has 0 radical (unpaired) electrons. The Morgan fingerprint density at radius 3 is 2.32 bits per heavy atom. The van der Waals surface area contributed by atoms with Gasteiger partial charge in [-0.15, -0.1) is 0 Å². The number of hydrogen-bond acceptors (Lipinski definition) is 8. The average molecular weight is 640 g/mol. The van der Waals surface area contributed by atoms with Gasteiger partial charge in [-0.05, 0) is 29.3 Å². The van der Waals surface area contributed by atoms with Gasteiger partial charge in [0.15, 0.2) is 17.8 Å². The summed E-state index contributed by atoms with van der Waals surface area (Å²) in [5.74, 6) is 0.000971. The molecule has 0 bridgehead atoms. The number of aliphatic hydroxyl groups is 1. The Morgan fingerprint density at radius 1 is 1.02 bits per heavy atom. The summed E-state index contributed by atoms with van der Waals surface area (Å²) < 4.78 is 61.2. The predicted octanol–water partition coefficient (Wildman–Crippen LogP) is 5.76. The van der Waals surface area contributed by atoms with Crippen LogP contribution >= 0.6 is 0 Å². The zero-order chi connectivity index (χ0) is 31.2. The Bertz CT molecular complexity index is 1760. The van der Waals surface area contributed by atoms with Crippen molar-refractivity contribution >= 4 is 28.8 Å². The maximum atomic E-state index is 15.7. The van der Waals surface area contributed by atoms with Crippen LogP contribution in [-0.2, 0) is 30.7 Å². The number of ether oxygens (including phenoxy) is 4. The van der Waals surface area contributed by atoms with E-state index in [9.17, 15) is 9.32 Å². The van der Waals surface area contributed by atoms with Gasteiger partial charge in [-0.3, -0.25) is 4.57 Å². The van der Waals surface area contributed by atoms with Crippen LogP contribution in [0.5, 0.6) is 5.88 Å². The topological polar surface area (TPSA) is 116 Å². The molecule has 44 heavy (non-hydrogen) atoms. The van der Waals surface area contributed by atoms with Gasteiger partial charge in [-0.25, -0.2) is 18.4 Å². The first-order valence-electron chi connectivity index (χ1n) is 14.7. The number of aliphatic hydroxyl groups excluding tert-OH is 1. The van der Waals surface area contributed by atoms with E-state index in [-0.39, 0.29) is 25.6 Å². The van der Waals surface area contributed by atoms with E-state index in [4.69, 9.17) is 28.7 Å². The summed E-state index contributed by atoms with van der Waals surface area (Å²) in [4.78, 5) is 5.18. The number of fused-ring (bicyclic) bond motifs is 2. The highest BCUT2D eigenvalue weighted by Gasteiger charge is 2.48. The fraction of sp³-hybridized carbons (Fsp3) is 0.406. The lowest BCUT2D eigenvalue weighted by atomic mass is 10.0. The van der Waals surface area contributed by atoms with Crippen LogP contribution in [0, 0.1) is 10.6 Å². The summed E-state index contributed by atoms with van der Waals surface area (Å²) in [6.45, 7) is 8.09. The highest BCUT2D eigenvalue weighted by Crippen LogP contribution is 2.34. The van der Waals surface area contributed by atoms with Gasteiger partial charge in [0.05, 0.1) is 34.0 Å². The molecule has 0 amide bonds. The van der Waals surface area contributed by atoms with Crippen LogP contribution in [0.2, 0.25) is 25.7 Å². The minimum atomic E-state index is -2.78. The van der Waals surface area contributed by atoms with Crippen LogP contribution < -0.4 is 4.74 Å². The highest BCUT2D eigenvalue weighted by molar-refractivity contribution is 7.91. The summed E-state index contributed by atoms with van der Waals surface area (Å²) in [5, 5.41) is 10.2. The van der Waals surface area contributed by atoms with Gasteiger partial charge in [0.2, 0.25) is 0 Å². The van der Waals surface area contributed by atoms with Gasteiger partial charge >= 0.3 is 0 Å². The van der Waals surface area contributed by atoms with Crippen LogP contribution in [-0.4, -0.2) is 77.4 Å². The monoisotopic (exact) mass is 639 g/mol. The van der Waals surface area contributed by atoms with Crippen molar-refractivity contribution in [2.75, 3.05) is 26.1 Å². The first-order valence-corrected chi connectivity index (χ1v) is 20.3. The molecule has 4 aromatic rings. The van der Waals surface area contributed by atoms with Crippen molar-refractivity contribution < 1.29 is 32.7 Å². The van der Waals surface area contributed by atoms with Crippen molar-refractivity contribution in [3.05, 3.63) is 66.5 Å². The standard InChI is InChI=1S/C32H38FN3O6SSi/c1-43(34,38)23-11-9-21(10-12-23)20-5-7-22(8-6-20)30-24(33)15-26-25(35-30)16-29(36(26)19-39-13-14-44(2,3)4)42-28-18-41-31-27(37)17-40-32(28)31/h5-12,15-16,27-28,31-32,34,37H,13-14,17-19H2,1-4H3/t27-,28-,31-,32-,43?/m1/s1. The summed E-state index contributed by atoms with van der Waals surface area (Å²) >= 11 is 0. The second kappa shape index (κ2) is 12.0. The normalized spacial score (nSPS) is 23.1. The third-order valence-electron chi connectivity index (χ3n) is 8.07. The largest absolute Gasteiger partial charge is 0.470 e. The average Bonchev–Trinajstić information content (AvgIpc) is 3.65. The van der Waals surface area contributed by atoms with E-state index in [1.54, 1.807) is 22.8 Å². The molecular weight excluding hydrogens is 602 g/mol. The van der Waals surface area contributed by atoms with Crippen molar-refractivity contribution in [3.63, 3.8) is 0 Å². The molecule has 0 saturated carbocycles. The van der Waals surface area contributed by atoms with Gasteiger partial charge in [0.25, 0.3) is 0 Å². The number of nitrogens with zero attached hydrogens (tertiary/aromatic N) is 2. The summed E-state index contributed by atoms with van der Waals surface area (Å²) in [6, 6.07) is 18.7. The number of benzene rings is 2. The van der Waals surface area contributed by atoms with Gasteiger partial charge in [0.1, 0.15) is 30.7 Å². The minimum absolute atomic E-state index is 0.176. The van der Waals surface area contributed by atoms with E-state index < -0.39 is 48.0 Å². The molecule has 2 aromatic heterocycles. The third kappa shape index (κ3) is 6.46. The maximum Gasteiger partial charge on any atom is 0.198 e. The number of halogens is 1. The number of aromatic nitrogens is 2. The lowest BCUT2D eigenvalue weighted by molar-refractivity contribution is 0.00479. The number of hydrogen-bond donors (Lipinski definition) is 2. The second-order valence-corrected chi connectivity index (χ2v) is 20.5. The minimum Gasteiger partial charge on any atom is -0.470 e. The number of nitrogens with one attached hydrogen (secondary N) is 1. The van der Waals surface area contributed by atoms with Crippen LogP contribution in [0.1, 0.15) is 0 Å². The van der Waals surface area contributed by atoms with Gasteiger partial charge in [-0.1, -0.05) is 56.0 Å². The molecule has 6 rings (SSSR count). The molecule has 2 N–H and O–H groups in total. The first kappa shape index (κ1) is 30.9. The summed E-state index contributed by atoms with van der Waals surface area (Å²) in [5.41, 5.74) is 3.76. The van der Waals surface area contributed by atoms with E-state index in [1.165, 1.54) is 12.3 Å². The van der Waals surface area contributed by atoms with Crippen molar-refractivity contribution in [2.45, 2.75) is 61.7 Å². The fourth-order valence-corrected chi connectivity index (χ4v) is 6.94. The smallest absolute Gasteiger partial charge is 0.198 e. The van der Waals surface area contributed by atoms with Crippen molar-refractivity contribution in [2.24, 2.45) is 0 Å².